The monoisotopic (exact) mass is 337 g/mol. The molecule has 5 nitrogen and oxygen atoms in total. The largest absolute Gasteiger partial charge is 0.451 e. The summed E-state index contributed by atoms with van der Waals surface area (Å²) in [6.45, 7) is 4.06. The van der Waals surface area contributed by atoms with Gasteiger partial charge in [-0.15, -0.1) is 0 Å². The van der Waals surface area contributed by atoms with Gasteiger partial charge >= 0.3 is 5.91 Å². The standard InChI is InChI=1S/C20H20N2O3/c1-12(2)18(13-7-9-14(10-8-13)19(21)23)22-20(24)17-11-15-5-3-4-6-16(15)25-17/h3-12,18H,1-2H3,(H2,21,23)(H,22,24)/p+1/t18-/m1/s1. The Kier molecular flexibility index (Phi) is 4.67. The highest BCUT2D eigenvalue weighted by atomic mass is 16.3. The van der Waals surface area contributed by atoms with Crippen molar-refractivity contribution in [1.29, 1.82) is 0 Å². The lowest BCUT2D eigenvalue weighted by Gasteiger charge is -2.22. The SMILES string of the molecule is CC(C)[C@@H](NC(=O)c1cc2ccccc2o1)c1ccc(C([NH3+])=O)cc1. The van der Waals surface area contributed by atoms with Crippen LogP contribution in [0.5, 0.6) is 0 Å². The summed E-state index contributed by atoms with van der Waals surface area (Å²) in [5.74, 6) is -0.0165. The quantitative estimate of drug-likeness (QED) is 0.750. The predicted octanol–water partition coefficient (Wildman–Crippen LogP) is 2.94. The molecule has 0 aliphatic carbocycles. The van der Waals surface area contributed by atoms with E-state index < -0.39 is 0 Å². The van der Waals surface area contributed by atoms with E-state index in [4.69, 9.17) is 4.42 Å². The molecule has 3 rings (SSSR count). The molecule has 2 aromatic carbocycles. The van der Waals surface area contributed by atoms with Gasteiger partial charge in [0.1, 0.15) is 5.58 Å². The minimum atomic E-state index is -0.257. The third-order valence-corrected chi connectivity index (χ3v) is 4.19. The van der Waals surface area contributed by atoms with E-state index in [1.165, 1.54) is 0 Å². The van der Waals surface area contributed by atoms with Crippen molar-refractivity contribution < 1.29 is 19.7 Å². The topological polar surface area (TPSA) is 86.9 Å². The molecule has 0 saturated heterocycles. The summed E-state index contributed by atoms with van der Waals surface area (Å²) in [6, 6.07) is 16.2. The van der Waals surface area contributed by atoms with E-state index in [2.05, 4.69) is 11.1 Å². The van der Waals surface area contributed by atoms with Crippen molar-refractivity contribution in [2.75, 3.05) is 0 Å². The Balaban J connectivity index is 1.83. The van der Waals surface area contributed by atoms with E-state index in [0.29, 0.717) is 11.1 Å². The average Bonchev–Trinajstić information content (AvgIpc) is 3.03. The van der Waals surface area contributed by atoms with Crippen molar-refractivity contribution in [3.05, 3.63) is 71.5 Å². The lowest BCUT2D eigenvalue weighted by Crippen LogP contribution is -2.56. The van der Waals surface area contributed by atoms with Crippen LogP contribution in [0.15, 0.2) is 59.0 Å². The Labute approximate surface area is 145 Å². The number of quaternary nitrogens is 1. The van der Waals surface area contributed by atoms with E-state index in [1.807, 2.05) is 50.2 Å². The van der Waals surface area contributed by atoms with E-state index in [-0.39, 0.29) is 29.5 Å². The molecule has 1 aromatic heterocycles. The Bertz CT molecular complexity index is 877. The first-order chi connectivity index (χ1) is 12.0. The van der Waals surface area contributed by atoms with Crippen LogP contribution in [0.3, 0.4) is 0 Å². The molecule has 1 heterocycles. The van der Waals surface area contributed by atoms with E-state index in [9.17, 15) is 9.59 Å². The summed E-state index contributed by atoms with van der Waals surface area (Å²) < 4.78 is 5.63. The molecule has 25 heavy (non-hydrogen) atoms. The predicted molar refractivity (Wildman–Crippen MR) is 94.9 cm³/mol. The Hall–Kier alpha value is -2.92. The minimum absolute atomic E-state index is 0.176. The van der Waals surface area contributed by atoms with Crippen LogP contribution >= 0.6 is 0 Å². The molecule has 4 N–H and O–H groups in total. The normalized spacial score (nSPS) is 12.3. The van der Waals surface area contributed by atoms with Crippen molar-refractivity contribution in [2.45, 2.75) is 19.9 Å². The van der Waals surface area contributed by atoms with Gasteiger partial charge in [-0.05, 0) is 35.7 Å². The maximum Gasteiger partial charge on any atom is 0.340 e. The number of carbonyl (C=O) groups excluding carboxylic acids is 2. The van der Waals surface area contributed by atoms with Crippen molar-refractivity contribution in [3.8, 4) is 0 Å². The minimum Gasteiger partial charge on any atom is -0.451 e. The fourth-order valence-electron chi connectivity index (χ4n) is 2.82. The highest BCUT2D eigenvalue weighted by molar-refractivity contribution is 5.96. The molecule has 0 aliphatic rings. The van der Waals surface area contributed by atoms with E-state index >= 15 is 0 Å². The number of carbonyl (C=O) groups is 2. The number of furan rings is 1. The summed E-state index contributed by atoms with van der Waals surface area (Å²) in [6.07, 6.45) is 0. The van der Waals surface area contributed by atoms with Gasteiger partial charge in [0, 0.05) is 5.39 Å². The molecule has 5 heteroatoms. The lowest BCUT2D eigenvalue weighted by molar-refractivity contribution is -0.255. The van der Waals surface area contributed by atoms with Gasteiger partial charge in [-0.25, -0.2) is 4.79 Å². The number of hydrogen-bond donors (Lipinski definition) is 2. The fourth-order valence-corrected chi connectivity index (χ4v) is 2.82. The fraction of sp³-hybridized carbons (Fsp3) is 0.200. The van der Waals surface area contributed by atoms with Crippen molar-refractivity contribution in [1.82, 2.24) is 5.32 Å². The molecule has 0 radical (unpaired) electrons. The van der Waals surface area contributed by atoms with Crippen LogP contribution in [0, 0.1) is 5.92 Å². The Morgan fingerprint density at radius 2 is 1.72 bits per heavy atom. The van der Waals surface area contributed by atoms with Crippen LogP contribution < -0.4 is 11.1 Å². The van der Waals surface area contributed by atoms with Crippen molar-refractivity contribution in [2.24, 2.45) is 5.92 Å². The van der Waals surface area contributed by atoms with Crippen molar-refractivity contribution in [3.63, 3.8) is 0 Å². The van der Waals surface area contributed by atoms with Crippen molar-refractivity contribution >= 4 is 22.8 Å². The molecular formula is C20H21N2O3+. The van der Waals surface area contributed by atoms with Gasteiger partial charge in [-0.2, -0.15) is 0 Å². The molecular weight excluding hydrogens is 316 g/mol. The Morgan fingerprint density at radius 3 is 2.32 bits per heavy atom. The second-order valence-electron chi connectivity index (χ2n) is 6.39. The first-order valence-electron chi connectivity index (χ1n) is 8.21. The molecule has 0 unspecified atom stereocenters. The second kappa shape index (κ2) is 6.91. The third-order valence-electron chi connectivity index (χ3n) is 4.19. The second-order valence-corrected chi connectivity index (χ2v) is 6.39. The zero-order valence-electron chi connectivity index (χ0n) is 14.3. The van der Waals surface area contributed by atoms with E-state index in [0.717, 1.165) is 10.9 Å². The van der Waals surface area contributed by atoms with Gasteiger partial charge < -0.3 is 9.73 Å². The van der Waals surface area contributed by atoms with Crippen LogP contribution in [0.4, 0.5) is 0 Å². The third kappa shape index (κ3) is 3.61. The summed E-state index contributed by atoms with van der Waals surface area (Å²) in [4.78, 5) is 23.9. The van der Waals surface area contributed by atoms with Crippen LogP contribution in [-0.4, -0.2) is 11.8 Å². The van der Waals surface area contributed by atoms with Gasteiger partial charge in [0.15, 0.2) is 5.76 Å². The summed E-state index contributed by atoms with van der Waals surface area (Å²) >= 11 is 0. The molecule has 1 atom stereocenters. The molecule has 128 valence electrons. The number of benzene rings is 2. The molecule has 2 amide bonds. The van der Waals surface area contributed by atoms with Crippen LogP contribution in [0.2, 0.25) is 0 Å². The van der Waals surface area contributed by atoms with Gasteiger partial charge in [0.05, 0.1) is 11.6 Å². The molecule has 3 aromatic rings. The van der Waals surface area contributed by atoms with Gasteiger partial charge in [-0.1, -0.05) is 44.2 Å². The van der Waals surface area contributed by atoms with Crippen LogP contribution in [-0.2, 0) is 0 Å². The molecule has 0 aliphatic heterocycles. The van der Waals surface area contributed by atoms with Crippen LogP contribution in [0.1, 0.15) is 46.4 Å². The average molecular weight is 337 g/mol. The van der Waals surface area contributed by atoms with Gasteiger partial charge in [0.2, 0.25) is 0 Å². The van der Waals surface area contributed by atoms with Crippen LogP contribution in [0.25, 0.3) is 11.0 Å². The zero-order valence-corrected chi connectivity index (χ0v) is 14.3. The lowest BCUT2D eigenvalue weighted by atomic mass is 9.95. The smallest absolute Gasteiger partial charge is 0.340 e. The van der Waals surface area contributed by atoms with Gasteiger partial charge in [-0.3, -0.25) is 10.5 Å². The molecule has 0 spiro atoms. The Morgan fingerprint density at radius 1 is 1.04 bits per heavy atom. The number of fused-ring (bicyclic) bond motifs is 1. The molecule has 0 bridgehead atoms. The number of hydrogen-bond acceptors (Lipinski definition) is 3. The number of rotatable bonds is 5. The highest BCUT2D eigenvalue weighted by Crippen LogP contribution is 2.24. The maximum absolute atomic E-state index is 12.6. The first kappa shape index (κ1) is 16.9. The number of para-hydroxylation sites is 1. The first-order valence-corrected chi connectivity index (χ1v) is 8.21. The summed E-state index contributed by atoms with van der Waals surface area (Å²) in [5.41, 5.74) is 5.58. The number of nitrogens with one attached hydrogen (secondary N) is 1. The molecule has 0 saturated carbocycles. The van der Waals surface area contributed by atoms with Gasteiger partial charge in [0.25, 0.3) is 5.91 Å². The van der Waals surface area contributed by atoms with E-state index in [1.54, 1.807) is 18.2 Å². The number of amides is 2. The summed E-state index contributed by atoms with van der Waals surface area (Å²) in [7, 11) is 0. The maximum atomic E-state index is 12.6. The highest BCUT2D eigenvalue weighted by Gasteiger charge is 2.21. The summed E-state index contributed by atoms with van der Waals surface area (Å²) in [5, 5.41) is 3.92. The zero-order chi connectivity index (χ0) is 18.0. The molecule has 0 fully saturated rings.